The minimum Gasteiger partial charge on any atom is -0.320 e. The topological polar surface area (TPSA) is 110 Å². The van der Waals surface area contributed by atoms with Gasteiger partial charge in [-0.2, -0.15) is 4.31 Å². The van der Waals surface area contributed by atoms with Crippen molar-refractivity contribution < 1.29 is 18.1 Å². The first-order valence-electron chi connectivity index (χ1n) is 9.31. The maximum atomic E-state index is 12.9. The van der Waals surface area contributed by atoms with Crippen LogP contribution in [0.15, 0.2) is 47.4 Å². The van der Waals surface area contributed by atoms with Gasteiger partial charge in [0.15, 0.2) is 0 Å². The van der Waals surface area contributed by atoms with Gasteiger partial charge in [0.1, 0.15) is 5.69 Å². The maximum Gasteiger partial charge on any atom is 0.293 e. The number of anilines is 1. The van der Waals surface area contributed by atoms with Crippen molar-refractivity contribution in [3.8, 4) is 0 Å². The number of sulfonamides is 1. The Labute approximate surface area is 169 Å². The van der Waals surface area contributed by atoms with Crippen molar-refractivity contribution in [3.63, 3.8) is 0 Å². The summed E-state index contributed by atoms with van der Waals surface area (Å²) in [5.74, 6) is -0.995. The standard InChI is InChI=1S/C20H23N3O5S/c1-14-5-8-17(9-6-14)29(27,28)22-11-3-4-16(13-22)20(24)21-18-10-7-15(2)12-19(18)23(25)26/h5-10,12,16H,3-4,11,13H2,1-2H3,(H,21,24)/t16-/m0/s1. The molecule has 3 rings (SSSR count). The number of hydrogen-bond acceptors (Lipinski definition) is 5. The van der Waals surface area contributed by atoms with E-state index in [1.807, 2.05) is 6.92 Å². The lowest BCUT2D eigenvalue weighted by Gasteiger charge is -2.31. The van der Waals surface area contributed by atoms with Gasteiger partial charge in [0.05, 0.1) is 15.7 Å². The van der Waals surface area contributed by atoms with Gasteiger partial charge in [0.25, 0.3) is 5.69 Å². The summed E-state index contributed by atoms with van der Waals surface area (Å²) in [6, 6.07) is 11.2. The molecule has 154 valence electrons. The first-order valence-corrected chi connectivity index (χ1v) is 10.8. The van der Waals surface area contributed by atoms with E-state index in [1.54, 1.807) is 37.3 Å². The Morgan fingerprint density at radius 3 is 2.45 bits per heavy atom. The molecule has 2 aromatic carbocycles. The van der Waals surface area contributed by atoms with Crippen LogP contribution in [0, 0.1) is 29.9 Å². The monoisotopic (exact) mass is 417 g/mol. The second-order valence-corrected chi connectivity index (χ2v) is 9.22. The molecular formula is C20H23N3O5S. The van der Waals surface area contributed by atoms with Gasteiger partial charge in [-0.05, 0) is 50.5 Å². The third-order valence-corrected chi connectivity index (χ3v) is 6.90. The van der Waals surface area contributed by atoms with Crippen LogP contribution in [0.4, 0.5) is 11.4 Å². The highest BCUT2D eigenvalue weighted by atomic mass is 32.2. The number of aryl methyl sites for hydroxylation is 2. The Kier molecular flexibility index (Phi) is 5.99. The number of rotatable bonds is 5. The van der Waals surface area contributed by atoms with Crippen LogP contribution in [-0.4, -0.2) is 36.6 Å². The van der Waals surface area contributed by atoms with Crippen LogP contribution in [0.2, 0.25) is 0 Å². The van der Waals surface area contributed by atoms with E-state index in [1.165, 1.54) is 16.4 Å². The zero-order valence-electron chi connectivity index (χ0n) is 16.3. The molecule has 2 aromatic rings. The van der Waals surface area contributed by atoms with Crippen molar-refractivity contribution in [2.45, 2.75) is 31.6 Å². The number of nitro benzene ring substituents is 1. The smallest absolute Gasteiger partial charge is 0.293 e. The van der Waals surface area contributed by atoms with E-state index in [4.69, 9.17) is 0 Å². The molecule has 1 amide bonds. The van der Waals surface area contributed by atoms with E-state index < -0.39 is 26.8 Å². The Morgan fingerprint density at radius 1 is 1.14 bits per heavy atom. The molecule has 9 heteroatoms. The molecule has 1 atom stereocenters. The number of carbonyl (C=O) groups is 1. The molecule has 0 saturated carbocycles. The molecule has 0 bridgehead atoms. The molecule has 0 aliphatic carbocycles. The summed E-state index contributed by atoms with van der Waals surface area (Å²) in [6.45, 7) is 3.99. The lowest BCUT2D eigenvalue weighted by atomic mass is 9.98. The van der Waals surface area contributed by atoms with Gasteiger partial charge in [-0.25, -0.2) is 8.42 Å². The van der Waals surface area contributed by atoms with Crippen molar-refractivity contribution in [1.82, 2.24) is 4.31 Å². The minimum absolute atomic E-state index is 0.0434. The molecular weight excluding hydrogens is 394 g/mol. The van der Waals surface area contributed by atoms with Crippen LogP contribution in [0.1, 0.15) is 24.0 Å². The molecule has 0 radical (unpaired) electrons. The third-order valence-electron chi connectivity index (χ3n) is 5.02. The Morgan fingerprint density at radius 2 is 1.79 bits per heavy atom. The first-order chi connectivity index (χ1) is 13.7. The van der Waals surface area contributed by atoms with Crippen LogP contribution in [0.25, 0.3) is 0 Å². The first kappa shape index (κ1) is 20.9. The Balaban J connectivity index is 1.76. The highest BCUT2D eigenvalue weighted by Gasteiger charge is 2.33. The molecule has 29 heavy (non-hydrogen) atoms. The van der Waals surface area contributed by atoms with Crippen LogP contribution < -0.4 is 5.32 Å². The summed E-state index contributed by atoms with van der Waals surface area (Å²) in [4.78, 5) is 23.6. The lowest BCUT2D eigenvalue weighted by Crippen LogP contribution is -2.43. The molecule has 0 spiro atoms. The largest absolute Gasteiger partial charge is 0.320 e. The lowest BCUT2D eigenvalue weighted by molar-refractivity contribution is -0.384. The van der Waals surface area contributed by atoms with E-state index in [0.29, 0.717) is 24.9 Å². The van der Waals surface area contributed by atoms with Crippen LogP contribution in [-0.2, 0) is 14.8 Å². The van der Waals surface area contributed by atoms with Crippen molar-refractivity contribution in [1.29, 1.82) is 0 Å². The zero-order chi connectivity index (χ0) is 21.2. The number of nitrogens with zero attached hydrogens (tertiary/aromatic N) is 2. The van der Waals surface area contributed by atoms with E-state index in [0.717, 1.165) is 5.56 Å². The SMILES string of the molecule is Cc1ccc(S(=O)(=O)N2CCC[C@H](C(=O)Nc3ccc(C)cc3[N+](=O)[O-])C2)cc1. The summed E-state index contributed by atoms with van der Waals surface area (Å²) in [5.41, 5.74) is 1.60. The number of benzene rings is 2. The summed E-state index contributed by atoms with van der Waals surface area (Å²) in [6.07, 6.45) is 1.06. The fraction of sp³-hybridized carbons (Fsp3) is 0.350. The van der Waals surface area contributed by atoms with Crippen molar-refractivity contribution in [3.05, 3.63) is 63.7 Å². The van der Waals surface area contributed by atoms with Gasteiger partial charge in [-0.1, -0.05) is 23.8 Å². The number of nitrogens with one attached hydrogen (secondary N) is 1. The number of amides is 1. The van der Waals surface area contributed by atoms with Gasteiger partial charge in [0, 0.05) is 19.2 Å². The summed E-state index contributed by atoms with van der Waals surface area (Å²) < 4.78 is 27.1. The molecule has 1 N–H and O–H groups in total. The van der Waals surface area contributed by atoms with E-state index >= 15 is 0 Å². The average molecular weight is 417 g/mol. The zero-order valence-corrected chi connectivity index (χ0v) is 17.1. The normalized spacial score (nSPS) is 17.7. The van der Waals surface area contributed by atoms with Gasteiger partial charge < -0.3 is 5.32 Å². The van der Waals surface area contributed by atoms with E-state index in [-0.39, 0.29) is 22.8 Å². The second kappa shape index (κ2) is 8.30. The van der Waals surface area contributed by atoms with E-state index in [2.05, 4.69) is 5.32 Å². The molecule has 1 aliphatic heterocycles. The molecule has 1 saturated heterocycles. The fourth-order valence-electron chi connectivity index (χ4n) is 3.37. The van der Waals surface area contributed by atoms with Crippen molar-refractivity contribution >= 4 is 27.3 Å². The van der Waals surface area contributed by atoms with Crippen molar-refractivity contribution in [2.75, 3.05) is 18.4 Å². The third kappa shape index (κ3) is 4.63. The minimum atomic E-state index is -3.70. The quantitative estimate of drug-likeness (QED) is 0.593. The highest BCUT2D eigenvalue weighted by Crippen LogP contribution is 2.28. The fourth-order valence-corrected chi connectivity index (χ4v) is 4.89. The van der Waals surface area contributed by atoms with Crippen LogP contribution in [0.3, 0.4) is 0 Å². The maximum absolute atomic E-state index is 12.9. The molecule has 1 fully saturated rings. The molecule has 8 nitrogen and oxygen atoms in total. The predicted molar refractivity (Wildman–Crippen MR) is 109 cm³/mol. The second-order valence-electron chi connectivity index (χ2n) is 7.28. The van der Waals surface area contributed by atoms with Gasteiger partial charge in [-0.15, -0.1) is 0 Å². The summed E-state index contributed by atoms with van der Waals surface area (Å²) in [5, 5.41) is 13.9. The highest BCUT2D eigenvalue weighted by molar-refractivity contribution is 7.89. The Hall–Kier alpha value is -2.78. The Bertz CT molecular complexity index is 1030. The number of piperidine rings is 1. The van der Waals surface area contributed by atoms with Crippen molar-refractivity contribution in [2.24, 2.45) is 5.92 Å². The summed E-state index contributed by atoms with van der Waals surface area (Å²) in [7, 11) is -3.70. The molecule has 0 aromatic heterocycles. The molecule has 1 aliphatic rings. The number of carbonyl (C=O) groups excluding carboxylic acids is 1. The van der Waals surface area contributed by atoms with Gasteiger partial charge in [-0.3, -0.25) is 14.9 Å². The number of hydrogen-bond donors (Lipinski definition) is 1. The van der Waals surface area contributed by atoms with Crippen LogP contribution >= 0.6 is 0 Å². The van der Waals surface area contributed by atoms with Crippen LogP contribution in [0.5, 0.6) is 0 Å². The predicted octanol–water partition coefficient (Wildman–Crippen LogP) is 3.25. The average Bonchev–Trinajstić information content (AvgIpc) is 2.69. The molecule has 0 unspecified atom stereocenters. The van der Waals surface area contributed by atoms with Gasteiger partial charge in [0.2, 0.25) is 15.9 Å². The summed E-state index contributed by atoms with van der Waals surface area (Å²) >= 11 is 0. The number of nitro groups is 1. The van der Waals surface area contributed by atoms with Gasteiger partial charge >= 0.3 is 0 Å². The van der Waals surface area contributed by atoms with E-state index in [9.17, 15) is 23.3 Å². The molecule has 1 heterocycles.